The minimum atomic E-state index is -0.347. The molecule has 4 heteroatoms. The van der Waals surface area contributed by atoms with Crippen LogP contribution in [0.3, 0.4) is 0 Å². The third-order valence-electron chi connectivity index (χ3n) is 2.26. The normalized spacial score (nSPS) is 28.2. The van der Waals surface area contributed by atoms with Gasteiger partial charge in [0.15, 0.2) is 0 Å². The van der Waals surface area contributed by atoms with Crippen LogP contribution in [0.2, 0.25) is 0 Å². The second kappa shape index (κ2) is 5.32. The fourth-order valence-corrected chi connectivity index (χ4v) is 1.92. The Labute approximate surface area is 83.8 Å². The van der Waals surface area contributed by atoms with Crippen LogP contribution in [0.15, 0.2) is 0 Å². The first-order chi connectivity index (χ1) is 6.24. The third kappa shape index (κ3) is 3.43. The van der Waals surface area contributed by atoms with Gasteiger partial charge in [0.05, 0.1) is 12.0 Å². The Balaban J connectivity index is 2.29. The standard InChI is InChI=1S/C9H16ClNO2/c1-2-13-9(12)11-8-6-4-3-5-7(8)10/h7-8H,2-6H2,1H3,(H,11,12). The summed E-state index contributed by atoms with van der Waals surface area (Å²) in [7, 11) is 0. The number of hydrogen-bond acceptors (Lipinski definition) is 2. The maximum Gasteiger partial charge on any atom is 0.407 e. The molecule has 0 aromatic carbocycles. The summed E-state index contributed by atoms with van der Waals surface area (Å²) in [4.78, 5) is 11.1. The third-order valence-corrected chi connectivity index (χ3v) is 2.78. The monoisotopic (exact) mass is 205 g/mol. The fraction of sp³-hybridized carbons (Fsp3) is 0.889. The fourth-order valence-electron chi connectivity index (χ4n) is 1.57. The molecule has 0 heterocycles. The van der Waals surface area contributed by atoms with Gasteiger partial charge in [-0.2, -0.15) is 0 Å². The van der Waals surface area contributed by atoms with E-state index in [0.717, 1.165) is 25.7 Å². The van der Waals surface area contributed by atoms with E-state index in [9.17, 15) is 4.79 Å². The predicted octanol–water partition coefficient (Wildman–Crippen LogP) is 2.28. The predicted molar refractivity (Wildman–Crippen MR) is 52.1 cm³/mol. The van der Waals surface area contributed by atoms with E-state index in [1.807, 2.05) is 0 Å². The molecular weight excluding hydrogens is 190 g/mol. The maximum atomic E-state index is 11.1. The Bertz CT molecular complexity index is 175. The average Bonchev–Trinajstić information content (AvgIpc) is 2.09. The number of amides is 1. The van der Waals surface area contributed by atoms with Gasteiger partial charge in [-0.3, -0.25) is 0 Å². The van der Waals surface area contributed by atoms with Crippen LogP contribution < -0.4 is 5.32 Å². The van der Waals surface area contributed by atoms with Gasteiger partial charge in [0.25, 0.3) is 0 Å². The van der Waals surface area contributed by atoms with Crippen molar-refractivity contribution in [3.63, 3.8) is 0 Å². The summed E-state index contributed by atoms with van der Waals surface area (Å²) in [6, 6.07) is 0.0921. The molecule has 0 spiro atoms. The van der Waals surface area contributed by atoms with Crippen molar-refractivity contribution in [3.05, 3.63) is 0 Å². The number of hydrogen-bond donors (Lipinski definition) is 1. The lowest BCUT2D eigenvalue weighted by atomic mass is 9.95. The molecule has 2 unspecified atom stereocenters. The number of rotatable bonds is 2. The van der Waals surface area contributed by atoms with Crippen LogP contribution in [0.5, 0.6) is 0 Å². The zero-order valence-corrected chi connectivity index (χ0v) is 8.64. The van der Waals surface area contributed by atoms with Crippen molar-refractivity contribution >= 4 is 17.7 Å². The van der Waals surface area contributed by atoms with E-state index in [1.165, 1.54) is 0 Å². The number of halogens is 1. The molecule has 0 aromatic heterocycles. The summed E-state index contributed by atoms with van der Waals surface area (Å²) < 4.78 is 4.78. The number of nitrogens with one attached hydrogen (secondary N) is 1. The summed E-state index contributed by atoms with van der Waals surface area (Å²) in [5.41, 5.74) is 0. The Kier molecular flexibility index (Phi) is 4.36. The van der Waals surface area contributed by atoms with Gasteiger partial charge in [-0.05, 0) is 19.8 Å². The van der Waals surface area contributed by atoms with E-state index >= 15 is 0 Å². The van der Waals surface area contributed by atoms with Crippen molar-refractivity contribution < 1.29 is 9.53 Å². The second-order valence-electron chi connectivity index (χ2n) is 3.27. The second-order valence-corrected chi connectivity index (χ2v) is 3.83. The molecule has 1 aliphatic rings. The zero-order valence-electron chi connectivity index (χ0n) is 7.88. The highest BCUT2D eigenvalue weighted by Gasteiger charge is 2.24. The van der Waals surface area contributed by atoms with Crippen molar-refractivity contribution in [1.82, 2.24) is 5.32 Å². The molecule has 13 heavy (non-hydrogen) atoms. The summed E-state index contributed by atoms with van der Waals surface area (Å²) >= 11 is 6.06. The molecule has 0 radical (unpaired) electrons. The van der Waals surface area contributed by atoms with Gasteiger partial charge < -0.3 is 10.1 Å². The van der Waals surface area contributed by atoms with Gasteiger partial charge in [0.2, 0.25) is 0 Å². The first-order valence-electron chi connectivity index (χ1n) is 4.81. The summed E-state index contributed by atoms with van der Waals surface area (Å²) in [5.74, 6) is 0. The molecule has 1 saturated carbocycles. The SMILES string of the molecule is CCOC(=O)NC1CCCCC1Cl. The molecule has 0 aromatic rings. The van der Waals surface area contributed by atoms with Crippen molar-refractivity contribution in [2.45, 2.75) is 44.0 Å². The van der Waals surface area contributed by atoms with Crippen LogP contribution in [0.4, 0.5) is 4.79 Å². The van der Waals surface area contributed by atoms with Crippen LogP contribution in [0.25, 0.3) is 0 Å². The van der Waals surface area contributed by atoms with Crippen molar-refractivity contribution in [1.29, 1.82) is 0 Å². The number of carbonyl (C=O) groups excluding carboxylic acids is 1. The molecule has 1 aliphatic carbocycles. The quantitative estimate of drug-likeness (QED) is 0.703. The van der Waals surface area contributed by atoms with E-state index in [1.54, 1.807) is 6.92 Å². The average molecular weight is 206 g/mol. The highest BCUT2D eigenvalue weighted by molar-refractivity contribution is 6.21. The molecule has 0 bridgehead atoms. The molecule has 1 fully saturated rings. The van der Waals surface area contributed by atoms with Crippen LogP contribution >= 0.6 is 11.6 Å². The van der Waals surface area contributed by atoms with Crippen LogP contribution in [0, 0.1) is 0 Å². The highest BCUT2D eigenvalue weighted by Crippen LogP contribution is 2.22. The maximum absolute atomic E-state index is 11.1. The van der Waals surface area contributed by atoms with Crippen molar-refractivity contribution in [3.8, 4) is 0 Å². The van der Waals surface area contributed by atoms with E-state index in [2.05, 4.69) is 5.32 Å². The summed E-state index contributed by atoms with van der Waals surface area (Å²) in [6.45, 7) is 2.20. The summed E-state index contributed by atoms with van der Waals surface area (Å²) in [5, 5.41) is 2.84. The van der Waals surface area contributed by atoms with Crippen LogP contribution in [-0.4, -0.2) is 24.1 Å². The van der Waals surface area contributed by atoms with Gasteiger partial charge in [0, 0.05) is 6.04 Å². The molecule has 76 valence electrons. The number of carbonyl (C=O) groups is 1. The molecule has 0 aliphatic heterocycles. The molecule has 2 atom stereocenters. The van der Waals surface area contributed by atoms with Crippen LogP contribution in [0.1, 0.15) is 32.6 Å². The Morgan fingerprint density at radius 1 is 1.54 bits per heavy atom. The number of ether oxygens (including phenoxy) is 1. The van der Waals surface area contributed by atoms with Gasteiger partial charge >= 0.3 is 6.09 Å². The minimum Gasteiger partial charge on any atom is -0.450 e. The minimum absolute atomic E-state index is 0.0677. The molecule has 1 N–H and O–H groups in total. The lowest BCUT2D eigenvalue weighted by Gasteiger charge is -2.27. The van der Waals surface area contributed by atoms with Gasteiger partial charge in [-0.1, -0.05) is 12.8 Å². The van der Waals surface area contributed by atoms with Gasteiger partial charge in [-0.15, -0.1) is 11.6 Å². The summed E-state index contributed by atoms with van der Waals surface area (Å²) in [6.07, 6.45) is 3.90. The van der Waals surface area contributed by atoms with E-state index in [4.69, 9.17) is 16.3 Å². The molecule has 3 nitrogen and oxygen atoms in total. The van der Waals surface area contributed by atoms with Crippen molar-refractivity contribution in [2.24, 2.45) is 0 Å². The Morgan fingerprint density at radius 2 is 2.23 bits per heavy atom. The largest absolute Gasteiger partial charge is 0.450 e. The highest BCUT2D eigenvalue weighted by atomic mass is 35.5. The van der Waals surface area contributed by atoms with E-state index < -0.39 is 0 Å². The molecular formula is C9H16ClNO2. The number of alkyl carbamates (subject to hydrolysis) is 1. The van der Waals surface area contributed by atoms with E-state index in [-0.39, 0.29) is 17.5 Å². The van der Waals surface area contributed by atoms with E-state index in [0.29, 0.717) is 6.61 Å². The lowest BCUT2D eigenvalue weighted by molar-refractivity contribution is 0.145. The first-order valence-corrected chi connectivity index (χ1v) is 5.25. The topological polar surface area (TPSA) is 38.3 Å². The van der Waals surface area contributed by atoms with Gasteiger partial charge in [0.1, 0.15) is 0 Å². The van der Waals surface area contributed by atoms with Crippen molar-refractivity contribution in [2.75, 3.05) is 6.61 Å². The molecule has 1 amide bonds. The number of alkyl halides is 1. The lowest BCUT2D eigenvalue weighted by Crippen LogP contribution is -2.43. The Hall–Kier alpha value is -0.440. The first kappa shape index (κ1) is 10.6. The molecule has 0 saturated heterocycles. The Morgan fingerprint density at radius 3 is 2.85 bits per heavy atom. The smallest absolute Gasteiger partial charge is 0.407 e. The molecule has 1 rings (SSSR count). The zero-order chi connectivity index (χ0) is 9.68. The van der Waals surface area contributed by atoms with Gasteiger partial charge in [-0.25, -0.2) is 4.79 Å². The van der Waals surface area contributed by atoms with Crippen LogP contribution in [-0.2, 0) is 4.74 Å².